The fourth-order valence-corrected chi connectivity index (χ4v) is 4.42. The Bertz CT molecular complexity index is 1060. The average Bonchev–Trinajstić information content (AvgIpc) is 3.35. The highest BCUT2D eigenvalue weighted by Gasteiger charge is 2.36. The summed E-state index contributed by atoms with van der Waals surface area (Å²) in [6.07, 6.45) is -0.506. The van der Waals surface area contributed by atoms with Gasteiger partial charge in [-0.15, -0.1) is 0 Å². The van der Waals surface area contributed by atoms with Crippen LogP contribution in [0.15, 0.2) is 9.59 Å². The molecule has 2 fully saturated rings. The molecule has 2 unspecified atom stereocenters. The summed E-state index contributed by atoms with van der Waals surface area (Å²) in [6, 6.07) is -1.26. The number of halogens is 3. The summed E-state index contributed by atoms with van der Waals surface area (Å²) < 4.78 is 42.5. The number of nitrogens with two attached hydrogens (primary N) is 1. The third-order valence-corrected chi connectivity index (χ3v) is 6.08. The lowest BCUT2D eigenvalue weighted by molar-refractivity contribution is 0.0929. The summed E-state index contributed by atoms with van der Waals surface area (Å²) in [5.41, 5.74) is 6.29. The minimum absolute atomic E-state index is 0.0503. The summed E-state index contributed by atoms with van der Waals surface area (Å²) in [4.78, 5) is 28.9. The van der Waals surface area contributed by atoms with E-state index in [0.717, 1.165) is 12.8 Å². The molecular formula is C19H23F3N4O2. The Hall–Kier alpha value is -2.29. The maximum atomic E-state index is 15.3. The summed E-state index contributed by atoms with van der Waals surface area (Å²) in [7, 11) is 0. The van der Waals surface area contributed by atoms with Crippen LogP contribution in [0, 0.1) is 25.6 Å². The number of rotatable bonds is 4. The van der Waals surface area contributed by atoms with Crippen LogP contribution < -0.4 is 21.9 Å². The first-order chi connectivity index (χ1) is 13.2. The summed E-state index contributed by atoms with van der Waals surface area (Å²) in [5.74, 6) is -0.971. The van der Waals surface area contributed by atoms with E-state index in [1.54, 1.807) is 11.8 Å². The molecule has 3 heterocycles. The van der Waals surface area contributed by atoms with E-state index in [0.29, 0.717) is 29.6 Å². The SMILES string of the molecule is Cc1c(N2CCC(C(N)C(F)F)C2)c(F)c(C)n2c(=O)[nH]c(=O)c(C3CC3)c12. The van der Waals surface area contributed by atoms with Crippen molar-refractivity contribution in [2.24, 2.45) is 11.7 Å². The Morgan fingerprint density at radius 1 is 1.18 bits per heavy atom. The summed E-state index contributed by atoms with van der Waals surface area (Å²) in [5, 5.41) is 0. The molecule has 152 valence electrons. The molecule has 2 atom stereocenters. The van der Waals surface area contributed by atoms with Crippen LogP contribution in [0.25, 0.3) is 5.52 Å². The van der Waals surface area contributed by atoms with Gasteiger partial charge < -0.3 is 10.6 Å². The predicted octanol–water partition coefficient (Wildman–Crippen LogP) is 2.04. The minimum atomic E-state index is -2.63. The number of pyridine rings is 1. The van der Waals surface area contributed by atoms with Crippen molar-refractivity contribution in [3.63, 3.8) is 0 Å². The molecule has 0 spiro atoms. The van der Waals surface area contributed by atoms with Crippen molar-refractivity contribution < 1.29 is 13.2 Å². The van der Waals surface area contributed by atoms with Gasteiger partial charge in [-0.05, 0) is 44.9 Å². The highest BCUT2D eigenvalue weighted by molar-refractivity contribution is 5.73. The van der Waals surface area contributed by atoms with Gasteiger partial charge in [0.1, 0.15) is 0 Å². The van der Waals surface area contributed by atoms with Crippen molar-refractivity contribution in [3.8, 4) is 0 Å². The number of nitrogens with one attached hydrogen (secondary N) is 1. The normalized spacial score (nSPS) is 21.1. The van der Waals surface area contributed by atoms with Gasteiger partial charge in [-0.2, -0.15) is 0 Å². The Morgan fingerprint density at radius 3 is 2.46 bits per heavy atom. The average molecular weight is 396 g/mol. The van der Waals surface area contributed by atoms with Gasteiger partial charge in [0.05, 0.1) is 22.9 Å². The quantitative estimate of drug-likeness (QED) is 0.829. The minimum Gasteiger partial charge on any atom is -0.368 e. The molecule has 4 rings (SSSR count). The maximum Gasteiger partial charge on any atom is 0.333 e. The number of aryl methyl sites for hydroxylation is 2. The van der Waals surface area contributed by atoms with E-state index in [1.807, 2.05) is 0 Å². The molecule has 0 aromatic carbocycles. The highest BCUT2D eigenvalue weighted by atomic mass is 19.3. The molecule has 1 aliphatic carbocycles. The zero-order chi connectivity index (χ0) is 20.3. The van der Waals surface area contributed by atoms with Gasteiger partial charge in [-0.3, -0.25) is 14.2 Å². The molecule has 3 N–H and O–H groups in total. The molecular weight excluding hydrogens is 373 g/mol. The number of H-pyrrole nitrogens is 1. The van der Waals surface area contributed by atoms with Crippen molar-refractivity contribution in [1.82, 2.24) is 9.38 Å². The van der Waals surface area contributed by atoms with Crippen LogP contribution in [0.5, 0.6) is 0 Å². The Kier molecular flexibility index (Phi) is 4.52. The van der Waals surface area contributed by atoms with Crippen LogP contribution >= 0.6 is 0 Å². The first-order valence-electron chi connectivity index (χ1n) is 9.48. The predicted molar refractivity (Wildman–Crippen MR) is 100.0 cm³/mol. The lowest BCUT2D eigenvalue weighted by Crippen LogP contribution is -2.38. The number of anilines is 1. The number of hydrogen-bond acceptors (Lipinski definition) is 4. The molecule has 0 radical (unpaired) electrons. The molecule has 2 aliphatic rings. The monoisotopic (exact) mass is 396 g/mol. The summed E-state index contributed by atoms with van der Waals surface area (Å²) in [6.45, 7) is 3.77. The Morgan fingerprint density at radius 2 is 1.86 bits per heavy atom. The third-order valence-electron chi connectivity index (χ3n) is 6.08. The van der Waals surface area contributed by atoms with Crippen molar-refractivity contribution >= 4 is 11.2 Å². The maximum absolute atomic E-state index is 15.3. The van der Waals surface area contributed by atoms with Gasteiger partial charge in [0, 0.05) is 24.2 Å². The standard InChI is InChI=1S/C19H23F3N4O2/c1-8-15-12(10-3-4-10)18(27)24-19(28)26(15)9(2)13(20)16(8)25-6-5-11(7-25)14(23)17(21)22/h10-11,14,17H,3-7,23H2,1-2H3,(H,24,27,28). The topological polar surface area (TPSA) is 83.6 Å². The zero-order valence-corrected chi connectivity index (χ0v) is 15.8. The second kappa shape index (κ2) is 6.65. The number of fused-ring (bicyclic) bond motifs is 1. The molecule has 0 amide bonds. The van der Waals surface area contributed by atoms with Crippen LogP contribution in [0.3, 0.4) is 0 Å². The van der Waals surface area contributed by atoms with E-state index >= 15 is 4.39 Å². The fraction of sp³-hybridized carbons (Fsp3) is 0.579. The molecule has 28 heavy (non-hydrogen) atoms. The van der Waals surface area contributed by atoms with Crippen LogP contribution in [-0.2, 0) is 0 Å². The van der Waals surface area contributed by atoms with Gasteiger partial charge in [0.2, 0.25) is 0 Å². The van der Waals surface area contributed by atoms with Crippen LogP contribution in [-0.4, -0.2) is 34.9 Å². The molecule has 2 aromatic rings. The number of aromatic amines is 1. The number of alkyl halides is 2. The fourth-order valence-electron chi connectivity index (χ4n) is 4.42. The van der Waals surface area contributed by atoms with Crippen molar-refractivity contribution in [3.05, 3.63) is 43.5 Å². The first kappa shape index (κ1) is 19.0. The lowest BCUT2D eigenvalue weighted by atomic mass is 10.0. The van der Waals surface area contributed by atoms with Crippen LogP contribution in [0.4, 0.5) is 18.9 Å². The van der Waals surface area contributed by atoms with E-state index in [4.69, 9.17) is 5.73 Å². The molecule has 0 bridgehead atoms. The van der Waals surface area contributed by atoms with Crippen molar-refractivity contribution in [1.29, 1.82) is 0 Å². The second-order valence-electron chi connectivity index (χ2n) is 7.91. The van der Waals surface area contributed by atoms with Gasteiger partial charge in [0.15, 0.2) is 5.82 Å². The van der Waals surface area contributed by atoms with E-state index < -0.39 is 35.5 Å². The molecule has 2 aromatic heterocycles. The second-order valence-corrected chi connectivity index (χ2v) is 7.91. The highest BCUT2D eigenvalue weighted by Crippen LogP contribution is 2.42. The third kappa shape index (κ3) is 2.83. The van der Waals surface area contributed by atoms with E-state index in [1.165, 1.54) is 11.3 Å². The van der Waals surface area contributed by atoms with E-state index in [2.05, 4.69) is 4.98 Å². The van der Waals surface area contributed by atoms with Crippen LogP contribution in [0.1, 0.15) is 42.0 Å². The molecule has 1 saturated carbocycles. The number of nitrogens with zero attached hydrogens (tertiary/aromatic N) is 2. The molecule has 1 saturated heterocycles. The molecule has 6 nitrogen and oxygen atoms in total. The zero-order valence-electron chi connectivity index (χ0n) is 15.8. The van der Waals surface area contributed by atoms with Gasteiger partial charge in [-0.1, -0.05) is 0 Å². The Balaban J connectivity index is 1.90. The molecule has 1 aliphatic heterocycles. The van der Waals surface area contributed by atoms with Gasteiger partial charge >= 0.3 is 5.69 Å². The number of aromatic nitrogens is 2. The van der Waals surface area contributed by atoms with Gasteiger partial charge in [-0.25, -0.2) is 18.0 Å². The molecule has 9 heteroatoms. The Labute approximate surface area is 159 Å². The lowest BCUT2D eigenvalue weighted by Gasteiger charge is -2.26. The van der Waals surface area contributed by atoms with Crippen molar-refractivity contribution in [2.45, 2.75) is 51.5 Å². The smallest absolute Gasteiger partial charge is 0.333 e. The van der Waals surface area contributed by atoms with E-state index in [-0.39, 0.29) is 23.8 Å². The van der Waals surface area contributed by atoms with Crippen LogP contribution in [0.2, 0.25) is 0 Å². The summed E-state index contributed by atoms with van der Waals surface area (Å²) >= 11 is 0. The van der Waals surface area contributed by atoms with Gasteiger partial charge in [0.25, 0.3) is 12.0 Å². The first-order valence-corrected chi connectivity index (χ1v) is 9.48. The largest absolute Gasteiger partial charge is 0.368 e. The van der Waals surface area contributed by atoms with E-state index in [9.17, 15) is 18.4 Å². The van der Waals surface area contributed by atoms with Crippen molar-refractivity contribution in [2.75, 3.05) is 18.0 Å². The number of hydrogen-bond donors (Lipinski definition) is 2.